The van der Waals surface area contributed by atoms with E-state index in [2.05, 4.69) is 22.0 Å². The van der Waals surface area contributed by atoms with Crippen LogP contribution in [0.2, 0.25) is 0 Å². The molecular formula is C11H14BrNO2. The van der Waals surface area contributed by atoms with Gasteiger partial charge in [0.15, 0.2) is 0 Å². The first-order valence-corrected chi connectivity index (χ1v) is 5.77. The number of hydrogen-bond acceptors (Lipinski definition) is 3. The molecule has 1 unspecified atom stereocenters. The molecule has 3 N–H and O–H groups in total. The summed E-state index contributed by atoms with van der Waals surface area (Å²) in [7, 11) is 0. The van der Waals surface area contributed by atoms with Crippen molar-refractivity contribution in [1.29, 1.82) is 0 Å². The van der Waals surface area contributed by atoms with Crippen LogP contribution in [0.15, 0.2) is 16.6 Å². The van der Waals surface area contributed by atoms with Crippen molar-refractivity contribution in [3.8, 4) is 0 Å². The van der Waals surface area contributed by atoms with Crippen LogP contribution in [0, 0.1) is 0 Å². The van der Waals surface area contributed by atoms with Crippen LogP contribution in [0.25, 0.3) is 0 Å². The Morgan fingerprint density at radius 2 is 2.33 bits per heavy atom. The smallest absolute Gasteiger partial charge is 0.0722 e. The van der Waals surface area contributed by atoms with E-state index in [4.69, 9.17) is 15.6 Å². The maximum atomic E-state index is 9.10. The molecule has 0 aliphatic carbocycles. The summed E-state index contributed by atoms with van der Waals surface area (Å²) in [6.07, 6.45) is 0.917. The van der Waals surface area contributed by atoms with Crippen molar-refractivity contribution in [2.45, 2.75) is 19.1 Å². The zero-order valence-corrected chi connectivity index (χ0v) is 9.96. The SMILES string of the molecule is NC(CO)c1cc(Br)cc2c1COCC2. The Hall–Kier alpha value is -0.420. The maximum Gasteiger partial charge on any atom is 0.0722 e. The summed E-state index contributed by atoms with van der Waals surface area (Å²) in [5.74, 6) is 0. The first-order chi connectivity index (χ1) is 7.22. The van der Waals surface area contributed by atoms with Crippen molar-refractivity contribution in [3.05, 3.63) is 33.3 Å². The van der Waals surface area contributed by atoms with Gasteiger partial charge in [-0.2, -0.15) is 0 Å². The third-order valence-electron chi connectivity index (χ3n) is 2.70. The largest absolute Gasteiger partial charge is 0.394 e. The fourth-order valence-corrected chi connectivity index (χ4v) is 2.42. The molecular weight excluding hydrogens is 258 g/mol. The monoisotopic (exact) mass is 271 g/mol. The van der Waals surface area contributed by atoms with E-state index in [1.807, 2.05) is 6.07 Å². The van der Waals surface area contributed by atoms with Gasteiger partial charge in [0.05, 0.1) is 25.9 Å². The van der Waals surface area contributed by atoms with Crippen LogP contribution in [0.3, 0.4) is 0 Å². The Morgan fingerprint density at radius 3 is 3.07 bits per heavy atom. The molecule has 2 rings (SSSR count). The molecule has 0 fully saturated rings. The number of hydrogen-bond donors (Lipinski definition) is 2. The Kier molecular flexibility index (Phi) is 3.41. The number of rotatable bonds is 2. The second-order valence-electron chi connectivity index (χ2n) is 3.72. The molecule has 0 saturated heterocycles. The normalized spacial score (nSPS) is 17.3. The molecule has 0 radical (unpaired) electrons. The predicted molar refractivity (Wildman–Crippen MR) is 61.5 cm³/mol. The van der Waals surface area contributed by atoms with E-state index < -0.39 is 0 Å². The molecule has 0 saturated carbocycles. The van der Waals surface area contributed by atoms with Gasteiger partial charge in [-0.3, -0.25) is 0 Å². The molecule has 1 atom stereocenters. The van der Waals surface area contributed by atoms with Crippen LogP contribution >= 0.6 is 15.9 Å². The lowest BCUT2D eigenvalue weighted by molar-refractivity contribution is 0.109. The van der Waals surface area contributed by atoms with Crippen LogP contribution < -0.4 is 5.73 Å². The number of benzene rings is 1. The van der Waals surface area contributed by atoms with Crippen molar-refractivity contribution in [2.75, 3.05) is 13.2 Å². The lowest BCUT2D eigenvalue weighted by Gasteiger charge is -2.22. The third-order valence-corrected chi connectivity index (χ3v) is 3.16. The van der Waals surface area contributed by atoms with Crippen LogP contribution in [-0.4, -0.2) is 18.3 Å². The lowest BCUT2D eigenvalue weighted by atomic mass is 9.94. The highest BCUT2D eigenvalue weighted by Crippen LogP contribution is 2.28. The molecule has 0 bridgehead atoms. The van der Waals surface area contributed by atoms with E-state index in [1.165, 1.54) is 5.56 Å². The van der Waals surface area contributed by atoms with Crippen molar-refractivity contribution in [1.82, 2.24) is 0 Å². The minimum Gasteiger partial charge on any atom is -0.394 e. The summed E-state index contributed by atoms with van der Waals surface area (Å²) in [5.41, 5.74) is 9.27. The highest BCUT2D eigenvalue weighted by Gasteiger charge is 2.18. The van der Waals surface area contributed by atoms with Crippen molar-refractivity contribution >= 4 is 15.9 Å². The van der Waals surface area contributed by atoms with E-state index in [0.717, 1.165) is 28.6 Å². The fourth-order valence-electron chi connectivity index (χ4n) is 1.90. The summed E-state index contributed by atoms with van der Waals surface area (Å²) >= 11 is 3.46. The Balaban J connectivity index is 2.47. The molecule has 0 spiro atoms. The second-order valence-corrected chi connectivity index (χ2v) is 4.64. The fraction of sp³-hybridized carbons (Fsp3) is 0.455. The Morgan fingerprint density at radius 1 is 1.53 bits per heavy atom. The molecule has 1 heterocycles. The molecule has 1 aliphatic heterocycles. The first-order valence-electron chi connectivity index (χ1n) is 4.97. The Bertz CT molecular complexity index is 368. The predicted octanol–water partition coefficient (Wildman–Crippen LogP) is 1.51. The molecule has 0 aromatic heterocycles. The number of aliphatic hydroxyl groups is 1. The van der Waals surface area contributed by atoms with Gasteiger partial charge in [-0.25, -0.2) is 0 Å². The summed E-state index contributed by atoms with van der Waals surface area (Å²) in [4.78, 5) is 0. The first kappa shape index (κ1) is 11.1. The van der Waals surface area contributed by atoms with E-state index in [9.17, 15) is 0 Å². The van der Waals surface area contributed by atoms with Gasteiger partial charge in [0.25, 0.3) is 0 Å². The number of ether oxygens (including phenoxy) is 1. The van der Waals surface area contributed by atoms with Gasteiger partial charge in [-0.1, -0.05) is 15.9 Å². The molecule has 82 valence electrons. The molecule has 4 heteroatoms. The number of nitrogens with two attached hydrogens (primary N) is 1. The molecule has 15 heavy (non-hydrogen) atoms. The minimum atomic E-state index is -0.321. The van der Waals surface area contributed by atoms with Gasteiger partial charge >= 0.3 is 0 Å². The van der Waals surface area contributed by atoms with Gasteiger partial charge in [0.2, 0.25) is 0 Å². The standard InChI is InChI=1S/C11H14BrNO2/c12-8-3-7-1-2-15-6-10(7)9(4-8)11(13)5-14/h3-4,11,14H,1-2,5-6,13H2. The maximum absolute atomic E-state index is 9.10. The number of halogens is 1. The average molecular weight is 272 g/mol. The van der Waals surface area contributed by atoms with Gasteiger partial charge < -0.3 is 15.6 Å². The lowest BCUT2D eigenvalue weighted by Crippen LogP contribution is -2.20. The van der Waals surface area contributed by atoms with Crippen molar-refractivity contribution < 1.29 is 9.84 Å². The van der Waals surface area contributed by atoms with E-state index in [0.29, 0.717) is 6.61 Å². The zero-order chi connectivity index (χ0) is 10.8. The Labute approximate surface area is 97.4 Å². The highest BCUT2D eigenvalue weighted by molar-refractivity contribution is 9.10. The molecule has 0 amide bonds. The zero-order valence-electron chi connectivity index (χ0n) is 8.37. The van der Waals surface area contributed by atoms with E-state index in [-0.39, 0.29) is 12.6 Å². The van der Waals surface area contributed by atoms with Crippen molar-refractivity contribution in [2.24, 2.45) is 5.73 Å². The second kappa shape index (κ2) is 4.61. The van der Waals surface area contributed by atoms with Gasteiger partial charge in [-0.15, -0.1) is 0 Å². The third kappa shape index (κ3) is 2.23. The van der Waals surface area contributed by atoms with Gasteiger partial charge in [-0.05, 0) is 35.2 Å². The number of aliphatic hydroxyl groups excluding tert-OH is 1. The average Bonchev–Trinajstić information content (AvgIpc) is 2.26. The van der Waals surface area contributed by atoms with E-state index >= 15 is 0 Å². The summed E-state index contributed by atoms with van der Waals surface area (Å²) < 4.78 is 6.43. The molecule has 1 aliphatic rings. The van der Waals surface area contributed by atoms with Crippen LogP contribution in [0.1, 0.15) is 22.7 Å². The summed E-state index contributed by atoms with van der Waals surface area (Å²) in [6, 6.07) is 3.75. The van der Waals surface area contributed by atoms with Crippen molar-refractivity contribution in [3.63, 3.8) is 0 Å². The summed E-state index contributed by atoms with van der Waals surface area (Å²) in [5, 5.41) is 9.10. The van der Waals surface area contributed by atoms with Crippen LogP contribution in [-0.2, 0) is 17.8 Å². The van der Waals surface area contributed by atoms with Crippen LogP contribution in [0.4, 0.5) is 0 Å². The van der Waals surface area contributed by atoms with E-state index in [1.54, 1.807) is 0 Å². The quantitative estimate of drug-likeness (QED) is 0.858. The van der Waals surface area contributed by atoms with Gasteiger partial charge in [0, 0.05) is 4.47 Å². The highest BCUT2D eigenvalue weighted by atomic mass is 79.9. The topological polar surface area (TPSA) is 55.5 Å². The van der Waals surface area contributed by atoms with Gasteiger partial charge in [0.1, 0.15) is 0 Å². The number of fused-ring (bicyclic) bond motifs is 1. The van der Waals surface area contributed by atoms with Crippen LogP contribution in [0.5, 0.6) is 0 Å². The minimum absolute atomic E-state index is 0.0388. The summed E-state index contributed by atoms with van der Waals surface area (Å²) in [6.45, 7) is 1.33. The molecule has 1 aromatic carbocycles. The molecule has 1 aromatic rings. The molecule has 3 nitrogen and oxygen atoms in total.